The lowest BCUT2D eigenvalue weighted by Crippen LogP contribution is -1.95. The maximum atomic E-state index is 14.0. The van der Waals surface area contributed by atoms with Crippen molar-refractivity contribution in [1.82, 2.24) is 0 Å². The van der Waals surface area contributed by atoms with Gasteiger partial charge in [0.25, 0.3) is 0 Å². The minimum absolute atomic E-state index is 0.370. The third-order valence-electron chi connectivity index (χ3n) is 3.39. The van der Waals surface area contributed by atoms with Gasteiger partial charge in [-0.15, -0.1) is 0 Å². The molecular formula is C17H18FO. The fourth-order valence-corrected chi connectivity index (χ4v) is 2.35. The molecule has 0 heterocycles. The molecule has 1 nitrogen and oxygen atoms in total. The third-order valence-corrected chi connectivity index (χ3v) is 3.39. The van der Waals surface area contributed by atoms with Crippen molar-refractivity contribution in [2.24, 2.45) is 0 Å². The van der Waals surface area contributed by atoms with E-state index in [4.69, 9.17) is 4.74 Å². The van der Waals surface area contributed by atoms with Gasteiger partial charge in [-0.2, -0.15) is 0 Å². The average Bonchev–Trinajstić information content (AvgIpc) is 2.46. The Hall–Kier alpha value is -1.83. The number of methoxy groups -OCH3 is 1. The third kappa shape index (κ3) is 2.62. The normalized spacial score (nSPS) is 10.5. The van der Waals surface area contributed by atoms with Crippen LogP contribution in [0.2, 0.25) is 0 Å². The van der Waals surface area contributed by atoms with Gasteiger partial charge in [-0.25, -0.2) is 4.39 Å². The standard InChI is InChI=1S/C17H18FO/c1-4-12-9-10-14(11-13(12)5-2)17-15(18)7-6-8-16(17)19-3/h6,8-11H,4-5H2,1-3H3. The van der Waals surface area contributed by atoms with Crippen molar-refractivity contribution in [1.29, 1.82) is 0 Å². The molecule has 0 saturated heterocycles. The zero-order valence-electron chi connectivity index (χ0n) is 11.6. The molecule has 0 amide bonds. The van der Waals surface area contributed by atoms with E-state index in [-0.39, 0.29) is 5.82 Å². The van der Waals surface area contributed by atoms with Crippen LogP contribution in [0.25, 0.3) is 11.1 Å². The van der Waals surface area contributed by atoms with E-state index in [0.29, 0.717) is 11.3 Å². The van der Waals surface area contributed by atoms with Gasteiger partial charge in [-0.1, -0.05) is 32.0 Å². The Bertz CT molecular complexity index is 575. The maximum Gasteiger partial charge on any atom is 0.142 e. The van der Waals surface area contributed by atoms with Crippen LogP contribution in [0.1, 0.15) is 25.0 Å². The number of aryl methyl sites for hydroxylation is 2. The van der Waals surface area contributed by atoms with Gasteiger partial charge >= 0.3 is 0 Å². The zero-order chi connectivity index (χ0) is 13.8. The highest BCUT2D eigenvalue weighted by Crippen LogP contribution is 2.33. The molecule has 0 aliphatic rings. The summed E-state index contributed by atoms with van der Waals surface area (Å²) in [5, 5.41) is 0. The summed E-state index contributed by atoms with van der Waals surface area (Å²) in [5.74, 6) is 0.174. The smallest absolute Gasteiger partial charge is 0.142 e. The van der Waals surface area contributed by atoms with Crippen molar-refractivity contribution in [2.75, 3.05) is 7.11 Å². The first-order valence-electron chi connectivity index (χ1n) is 6.57. The molecule has 0 bridgehead atoms. The van der Waals surface area contributed by atoms with E-state index in [0.717, 1.165) is 18.4 Å². The minimum Gasteiger partial charge on any atom is -0.496 e. The van der Waals surface area contributed by atoms with E-state index < -0.39 is 0 Å². The van der Waals surface area contributed by atoms with Crippen LogP contribution in [0.15, 0.2) is 30.3 Å². The summed E-state index contributed by atoms with van der Waals surface area (Å²) >= 11 is 0. The first-order chi connectivity index (χ1) is 9.21. The van der Waals surface area contributed by atoms with Crippen molar-refractivity contribution < 1.29 is 9.13 Å². The van der Waals surface area contributed by atoms with Crippen LogP contribution >= 0.6 is 0 Å². The van der Waals surface area contributed by atoms with Gasteiger partial charge in [0, 0.05) is 6.07 Å². The van der Waals surface area contributed by atoms with Gasteiger partial charge in [0.05, 0.1) is 12.7 Å². The van der Waals surface area contributed by atoms with E-state index in [1.165, 1.54) is 11.1 Å². The predicted octanol–water partition coefficient (Wildman–Crippen LogP) is 4.43. The van der Waals surface area contributed by atoms with Crippen LogP contribution in [0.5, 0.6) is 5.75 Å². The second kappa shape index (κ2) is 5.87. The molecule has 0 N–H and O–H groups in total. The maximum absolute atomic E-state index is 14.0. The van der Waals surface area contributed by atoms with Gasteiger partial charge in [0.2, 0.25) is 0 Å². The van der Waals surface area contributed by atoms with E-state index in [1.807, 2.05) is 12.1 Å². The molecule has 0 unspecified atom stereocenters. The quantitative estimate of drug-likeness (QED) is 0.787. The number of halogens is 1. The van der Waals surface area contributed by atoms with Crippen LogP contribution in [0.4, 0.5) is 4.39 Å². The molecule has 2 rings (SSSR count). The van der Waals surface area contributed by atoms with Crippen molar-refractivity contribution in [3.05, 3.63) is 53.3 Å². The Kier molecular flexibility index (Phi) is 4.20. The predicted molar refractivity (Wildman–Crippen MR) is 76.0 cm³/mol. The number of benzene rings is 2. The van der Waals surface area contributed by atoms with Gasteiger partial charge < -0.3 is 4.74 Å². The van der Waals surface area contributed by atoms with Gasteiger partial charge in [0.15, 0.2) is 0 Å². The summed E-state index contributed by atoms with van der Waals surface area (Å²) in [5.41, 5.74) is 3.90. The highest BCUT2D eigenvalue weighted by Gasteiger charge is 2.13. The van der Waals surface area contributed by atoms with Crippen LogP contribution in [0, 0.1) is 11.9 Å². The molecule has 2 heteroatoms. The summed E-state index contributed by atoms with van der Waals surface area (Å²) in [7, 11) is 1.55. The molecule has 1 radical (unpaired) electrons. The fraction of sp³-hybridized carbons (Fsp3) is 0.294. The number of rotatable bonds is 4. The molecule has 0 aliphatic heterocycles. The molecule has 0 aliphatic carbocycles. The topological polar surface area (TPSA) is 9.23 Å². The molecule has 2 aromatic rings. The second-order valence-electron chi connectivity index (χ2n) is 4.43. The first kappa shape index (κ1) is 13.6. The molecule has 19 heavy (non-hydrogen) atoms. The molecular weight excluding hydrogens is 239 g/mol. The van der Waals surface area contributed by atoms with Crippen LogP contribution in [-0.2, 0) is 12.8 Å². The Labute approximate surface area is 114 Å². The molecule has 0 saturated carbocycles. The SMILES string of the molecule is CCc1ccc(-c2c(F)[c]ccc2OC)cc1CC. The van der Waals surface area contributed by atoms with Gasteiger partial charge in [-0.05, 0) is 41.7 Å². The van der Waals surface area contributed by atoms with Crippen LogP contribution in [0.3, 0.4) is 0 Å². The monoisotopic (exact) mass is 257 g/mol. The summed E-state index contributed by atoms with van der Waals surface area (Å²) in [6, 6.07) is 11.9. The zero-order valence-corrected chi connectivity index (χ0v) is 11.6. The number of hydrogen-bond acceptors (Lipinski definition) is 1. The number of ether oxygens (including phenoxy) is 1. The van der Waals surface area contributed by atoms with Crippen molar-refractivity contribution in [2.45, 2.75) is 26.7 Å². The van der Waals surface area contributed by atoms with Gasteiger partial charge in [-0.3, -0.25) is 0 Å². The first-order valence-corrected chi connectivity index (χ1v) is 6.57. The largest absolute Gasteiger partial charge is 0.496 e. The molecule has 0 fully saturated rings. The molecule has 0 atom stereocenters. The Morgan fingerprint density at radius 3 is 2.47 bits per heavy atom. The molecule has 0 aromatic heterocycles. The summed E-state index contributed by atoms with van der Waals surface area (Å²) in [6.07, 6.45) is 1.93. The van der Waals surface area contributed by atoms with E-state index in [9.17, 15) is 4.39 Å². The highest BCUT2D eigenvalue weighted by molar-refractivity contribution is 5.72. The lowest BCUT2D eigenvalue weighted by molar-refractivity contribution is 0.413. The average molecular weight is 257 g/mol. The van der Waals surface area contributed by atoms with Crippen molar-refractivity contribution in [3.63, 3.8) is 0 Å². The number of hydrogen-bond donors (Lipinski definition) is 0. The van der Waals surface area contributed by atoms with E-state index in [2.05, 4.69) is 26.0 Å². The lowest BCUT2D eigenvalue weighted by atomic mass is 9.96. The molecule has 0 spiro atoms. The molecule has 2 aromatic carbocycles. The summed E-state index contributed by atoms with van der Waals surface area (Å²) in [6.45, 7) is 4.24. The Morgan fingerprint density at radius 2 is 1.84 bits per heavy atom. The minimum atomic E-state index is -0.370. The van der Waals surface area contributed by atoms with Crippen LogP contribution in [-0.4, -0.2) is 7.11 Å². The fourth-order valence-electron chi connectivity index (χ4n) is 2.35. The Morgan fingerprint density at radius 1 is 1.11 bits per heavy atom. The van der Waals surface area contributed by atoms with Gasteiger partial charge in [0.1, 0.15) is 11.6 Å². The van der Waals surface area contributed by atoms with E-state index >= 15 is 0 Å². The van der Waals surface area contributed by atoms with Crippen LogP contribution < -0.4 is 4.74 Å². The highest BCUT2D eigenvalue weighted by atomic mass is 19.1. The Balaban J connectivity index is 2.59. The van der Waals surface area contributed by atoms with Crippen molar-refractivity contribution in [3.8, 4) is 16.9 Å². The summed E-state index contributed by atoms with van der Waals surface area (Å²) in [4.78, 5) is 0. The second-order valence-corrected chi connectivity index (χ2v) is 4.43. The molecule has 99 valence electrons. The van der Waals surface area contributed by atoms with Crippen molar-refractivity contribution >= 4 is 0 Å². The lowest BCUT2D eigenvalue weighted by Gasteiger charge is -2.12. The summed E-state index contributed by atoms with van der Waals surface area (Å²) < 4.78 is 19.3. The van der Waals surface area contributed by atoms with E-state index in [1.54, 1.807) is 19.2 Å².